The molecule has 1 N–H and O–H groups in total. The first-order valence-corrected chi connectivity index (χ1v) is 6.21. The number of unbranched alkanes of at least 4 members (excludes halogenated alkanes) is 1. The molecule has 0 aliphatic carbocycles. The lowest BCUT2D eigenvalue weighted by atomic mass is 10.2. The predicted molar refractivity (Wildman–Crippen MR) is 65.6 cm³/mol. The minimum absolute atomic E-state index is 0.211. The van der Waals surface area contributed by atoms with Crippen LogP contribution in [0.4, 0.5) is 0 Å². The number of methoxy groups -OCH3 is 1. The van der Waals surface area contributed by atoms with Gasteiger partial charge in [-0.25, -0.2) is 4.79 Å². The minimum Gasteiger partial charge on any atom is -0.496 e. The van der Waals surface area contributed by atoms with Crippen molar-refractivity contribution in [3.05, 3.63) is 23.8 Å². The molecule has 0 radical (unpaired) electrons. The molecule has 1 aromatic rings. The molecule has 0 bridgehead atoms. The zero-order valence-electron chi connectivity index (χ0n) is 9.53. The highest BCUT2D eigenvalue weighted by Crippen LogP contribution is 2.27. The standard InChI is InChI=1S/C12H16O3S/c1-3-4-7-16-9-5-6-10(12(13)14)11(8-9)15-2/h5-6,8H,3-4,7H2,1-2H3,(H,13,14). The highest BCUT2D eigenvalue weighted by Gasteiger charge is 2.10. The van der Waals surface area contributed by atoms with Crippen molar-refractivity contribution in [3.63, 3.8) is 0 Å². The Bertz CT molecular complexity index is 363. The van der Waals surface area contributed by atoms with Gasteiger partial charge < -0.3 is 9.84 Å². The molecular weight excluding hydrogens is 224 g/mol. The van der Waals surface area contributed by atoms with Gasteiger partial charge in [-0.1, -0.05) is 13.3 Å². The third kappa shape index (κ3) is 3.45. The van der Waals surface area contributed by atoms with E-state index in [1.54, 1.807) is 23.9 Å². The summed E-state index contributed by atoms with van der Waals surface area (Å²) in [5.74, 6) is 0.516. The number of rotatable bonds is 6. The van der Waals surface area contributed by atoms with E-state index in [-0.39, 0.29) is 5.56 Å². The molecule has 0 amide bonds. The average molecular weight is 240 g/mol. The van der Waals surface area contributed by atoms with Gasteiger partial charge in [-0.2, -0.15) is 0 Å². The van der Waals surface area contributed by atoms with Gasteiger partial charge in [0.15, 0.2) is 0 Å². The lowest BCUT2D eigenvalue weighted by Crippen LogP contribution is -2.00. The Balaban J connectivity index is 2.78. The second kappa shape index (κ2) is 6.43. The Morgan fingerprint density at radius 1 is 1.50 bits per heavy atom. The summed E-state index contributed by atoms with van der Waals surface area (Å²) in [5, 5.41) is 8.91. The lowest BCUT2D eigenvalue weighted by molar-refractivity contribution is 0.0693. The van der Waals surface area contributed by atoms with Gasteiger partial charge in [0.05, 0.1) is 7.11 Å². The van der Waals surface area contributed by atoms with Crippen molar-refractivity contribution in [1.82, 2.24) is 0 Å². The van der Waals surface area contributed by atoms with Crippen molar-refractivity contribution >= 4 is 17.7 Å². The fourth-order valence-corrected chi connectivity index (χ4v) is 2.30. The van der Waals surface area contributed by atoms with Crippen LogP contribution in [-0.2, 0) is 0 Å². The van der Waals surface area contributed by atoms with Gasteiger partial charge in [0.25, 0.3) is 0 Å². The molecule has 0 heterocycles. The topological polar surface area (TPSA) is 46.5 Å². The molecule has 88 valence electrons. The molecule has 0 aliphatic rings. The van der Waals surface area contributed by atoms with E-state index in [1.165, 1.54) is 7.11 Å². The number of hydrogen-bond acceptors (Lipinski definition) is 3. The molecule has 0 saturated heterocycles. The molecule has 16 heavy (non-hydrogen) atoms. The maximum absolute atomic E-state index is 10.9. The molecule has 0 spiro atoms. The van der Waals surface area contributed by atoms with E-state index in [1.807, 2.05) is 6.07 Å². The van der Waals surface area contributed by atoms with E-state index in [4.69, 9.17) is 9.84 Å². The summed E-state index contributed by atoms with van der Waals surface area (Å²) in [6.07, 6.45) is 2.32. The van der Waals surface area contributed by atoms with Crippen molar-refractivity contribution in [1.29, 1.82) is 0 Å². The zero-order valence-corrected chi connectivity index (χ0v) is 10.3. The Kier molecular flexibility index (Phi) is 5.19. The molecule has 0 atom stereocenters. The van der Waals surface area contributed by atoms with Crippen LogP contribution in [0.5, 0.6) is 5.75 Å². The first kappa shape index (κ1) is 12.9. The quantitative estimate of drug-likeness (QED) is 0.612. The van der Waals surface area contributed by atoms with Gasteiger partial charge in [-0.3, -0.25) is 0 Å². The number of thioether (sulfide) groups is 1. The van der Waals surface area contributed by atoms with Gasteiger partial charge in [0.2, 0.25) is 0 Å². The molecule has 0 aliphatic heterocycles. The highest BCUT2D eigenvalue weighted by molar-refractivity contribution is 7.99. The average Bonchev–Trinajstić information content (AvgIpc) is 2.29. The van der Waals surface area contributed by atoms with E-state index < -0.39 is 5.97 Å². The first-order chi connectivity index (χ1) is 7.69. The Morgan fingerprint density at radius 2 is 2.25 bits per heavy atom. The van der Waals surface area contributed by atoms with Gasteiger partial charge in [0.1, 0.15) is 11.3 Å². The van der Waals surface area contributed by atoms with Crippen molar-refractivity contribution in [2.75, 3.05) is 12.9 Å². The van der Waals surface area contributed by atoms with E-state index in [0.29, 0.717) is 5.75 Å². The normalized spacial score (nSPS) is 10.1. The Labute approximate surface area is 99.8 Å². The summed E-state index contributed by atoms with van der Waals surface area (Å²) in [4.78, 5) is 11.9. The van der Waals surface area contributed by atoms with Gasteiger partial charge in [-0.05, 0) is 30.4 Å². The summed E-state index contributed by atoms with van der Waals surface area (Å²) in [6.45, 7) is 2.15. The lowest BCUT2D eigenvalue weighted by Gasteiger charge is -2.07. The van der Waals surface area contributed by atoms with E-state index in [0.717, 1.165) is 23.5 Å². The van der Waals surface area contributed by atoms with Crippen LogP contribution in [0.3, 0.4) is 0 Å². The smallest absolute Gasteiger partial charge is 0.339 e. The van der Waals surface area contributed by atoms with Crippen molar-refractivity contribution in [2.24, 2.45) is 0 Å². The van der Waals surface area contributed by atoms with Crippen LogP contribution >= 0.6 is 11.8 Å². The molecule has 0 fully saturated rings. The van der Waals surface area contributed by atoms with Crippen LogP contribution in [0.1, 0.15) is 30.1 Å². The van der Waals surface area contributed by atoms with Crippen molar-refractivity contribution in [2.45, 2.75) is 24.7 Å². The SMILES string of the molecule is CCCCSc1ccc(C(=O)O)c(OC)c1. The van der Waals surface area contributed by atoms with Crippen LogP contribution in [-0.4, -0.2) is 23.9 Å². The second-order valence-corrected chi connectivity index (χ2v) is 4.54. The fraction of sp³-hybridized carbons (Fsp3) is 0.417. The molecule has 3 nitrogen and oxygen atoms in total. The third-order valence-corrected chi connectivity index (χ3v) is 3.25. The van der Waals surface area contributed by atoms with Crippen molar-refractivity contribution < 1.29 is 14.6 Å². The summed E-state index contributed by atoms with van der Waals surface area (Å²) in [5.41, 5.74) is 0.211. The summed E-state index contributed by atoms with van der Waals surface area (Å²) >= 11 is 1.72. The minimum atomic E-state index is -0.957. The van der Waals surface area contributed by atoms with Crippen molar-refractivity contribution in [3.8, 4) is 5.75 Å². The highest BCUT2D eigenvalue weighted by atomic mass is 32.2. The molecule has 0 unspecified atom stereocenters. The first-order valence-electron chi connectivity index (χ1n) is 5.23. The molecule has 1 aromatic carbocycles. The molecular formula is C12H16O3S. The monoisotopic (exact) mass is 240 g/mol. The third-order valence-electron chi connectivity index (χ3n) is 2.17. The molecule has 0 saturated carbocycles. The number of aromatic carboxylic acids is 1. The van der Waals surface area contributed by atoms with Crippen LogP contribution in [0.15, 0.2) is 23.1 Å². The second-order valence-electron chi connectivity index (χ2n) is 3.37. The van der Waals surface area contributed by atoms with Crippen LogP contribution in [0.2, 0.25) is 0 Å². The molecule has 1 rings (SSSR count). The fourth-order valence-electron chi connectivity index (χ4n) is 1.27. The number of carboxylic acids is 1. The van der Waals surface area contributed by atoms with Crippen LogP contribution in [0, 0.1) is 0 Å². The molecule has 0 aromatic heterocycles. The number of carboxylic acid groups (broad SMARTS) is 1. The zero-order chi connectivity index (χ0) is 12.0. The van der Waals surface area contributed by atoms with E-state index >= 15 is 0 Å². The van der Waals surface area contributed by atoms with E-state index in [9.17, 15) is 4.79 Å². The van der Waals surface area contributed by atoms with Crippen LogP contribution in [0.25, 0.3) is 0 Å². The summed E-state index contributed by atoms with van der Waals surface area (Å²) in [6, 6.07) is 5.20. The largest absolute Gasteiger partial charge is 0.496 e. The predicted octanol–water partition coefficient (Wildman–Crippen LogP) is 3.29. The van der Waals surface area contributed by atoms with Gasteiger partial charge in [-0.15, -0.1) is 11.8 Å². The number of carbonyl (C=O) groups is 1. The van der Waals surface area contributed by atoms with Crippen LogP contribution < -0.4 is 4.74 Å². The van der Waals surface area contributed by atoms with Gasteiger partial charge in [0, 0.05) is 4.90 Å². The maximum atomic E-state index is 10.9. The van der Waals surface area contributed by atoms with Gasteiger partial charge >= 0.3 is 5.97 Å². The maximum Gasteiger partial charge on any atom is 0.339 e. The summed E-state index contributed by atoms with van der Waals surface area (Å²) in [7, 11) is 1.49. The number of ether oxygens (including phenoxy) is 1. The molecule has 4 heteroatoms. The number of benzene rings is 1. The Morgan fingerprint density at radius 3 is 2.81 bits per heavy atom. The summed E-state index contributed by atoms with van der Waals surface area (Å²) < 4.78 is 5.06. The van der Waals surface area contributed by atoms with E-state index in [2.05, 4.69) is 6.92 Å². The Hall–Kier alpha value is -1.16. The number of hydrogen-bond donors (Lipinski definition) is 1.